The van der Waals surface area contributed by atoms with Gasteiger partial charge in [-0.3, -0.25) is 19.2 Å². The van der Waals surface area contributed by atoms with Gasteiger partial charge in [0, 0.05) is 47.7 Å². The molecule has 0 saturated heterocycles. The SMILES string of the molecule is CCCC(=O)c1cn(CC(=O)N2CCCNC(=O)c3ccc(OC)c(c3)OCCn3nc(C)nc3[C@H](C(C)C)NC(=O)C2)c2ccccc12. The molecule has 0 spiro atoms. The number of ether oxygens (including phenoxy) is 2. The Morgan fingerprint density at radius 1 is 1.12 bits per heavy atom. The van der Waals surface area contributed by atoms with Crippen molar-refractivity contribution in [2.45, 2.75) is 66.1 Å². The lowest BCUT2D eigenvalue weighted by Crippen LogP contribution is -2.45. The zero-order valence-corrected chi connectivity index (χ0v) is 28.8. The molecule has 3 heterocycles. The Hall–Kier alpha value is -5.20. The third kappa shape index (κ3) is 8.27. The van der Waals surface area contributed by atoms with Gasteiger partial charge in [-0.1, -0.05) is 39.0 Å². The summed E-state index contributed by atoms with van der Waals surface area (Å²) < 4.78 is 15.0. The number of ketones is 1. The van der Waals surface area contributed by atoms with Gasteiger partial charge < -0.3 is 29.6 Å². The Kier molecular flexibility index (Phi) is 11.3. The topological polar surface area (TPSA) is 150 Å². The van der Waals surface area contributed by atoms with Crippen LogP contribution in [0.15, 0.2) is 48.7 Å². The molecule has 1 aliphatic heterocycles. The number of nitrogens with zero attached hydrogens (tertiary/aromatic N) is 5. The number of rotatable bonds is 7. The van der Waals surface area contributed by atoms with Gasteiger partial charge in [0.05, 0.1) is 26.2 Å². The Morgan fingerprint density at radius 2 is 1.92 bits per heavy atom. The number of methoxy groups -OCH3 is 1. The van der Waals surface area contributed by atoms with E-state index in [1.165, 1.54) is 12.0 Å². The Balaban J connectivity index is 1.44. The quantitative estimate of drug-likeness (QED) is 0.279. The first-order valence-electron chi connectivity index (χ1n) is 16.8. The van der Waals surface area contributed by atoms with Crippen molar-refractivity contribution in [2.75, 3.05) is 33.4 Å². The molecule has 0 radical (unpaired) electrons. The van der Waals surface area contributed by atoms with Crippen LogP contribution in [-0.4, -0.2) is 81.1 Å². The van der Waals surface area contributed by atoms with Crippen LogP contribution < -0.4 is 20.1 Å². The van der Waals surface area contributed by atoms with E-state index in [9.17, 15) is 19.2 Å². The molecule has 5 rings (SSSR count). The number of carbonyl (C=O) groups is 4. The van der Waals surface area contributed by atoms with Crippen LogP contribution in [-0.2, 0) is 22.7 Å². The molecule has 2 aromatic heterocycles. The number of nitrogens with one attached hydrogen (secondary N) is 2. The van der Waals surface area contributed by atoms with Crippen LogP contribution in [0.4, 0.5) is 0 Å². The Labute approximate surface area is 285 Å². The summed E-state index contributed by atoms with van der Waals surface area (Å²) in [4.78, 5) is 59.8. The summed E-state index contributed by atoms with van der Waals surface area (Å²) in [6, 6.07) is 12.0. The summed E-state index contributed by atoms with van der Waals surface area (Å²) in [5, 5.41) is 11.3. The van der Waals surface area contributed by atoms with E-state index in [-0.39, 0.29) is 62.2 Å². The van der Waals surface area contributed by atoms with E-state index in [4.69, 9.17) is 9.47 Å². The molecule has 0 fully saturated rings. The zero-order valence-electron chi connectivity index (χ0n) is 28.8. The average molecular weight is 672 g/mol. The first-order valence-corrected chi connectivity index (χ1v) is 16.8. The minimum Gasteiger partial charge on any atom is -0.493 e. The maximum absolute atomic E-state index is 13.9. The molecule has 2 aromatic carbocycles. The van der Waals surface area contributed by atoms with Gasteiger partial charge in [-0.25, -0.2) is 9.67 Å². The molecule has 0 unspecified atom stereocenters. The number of para-hydroxylation sites is 1. The molecule has 13 nitrogen and oxygen atoms in total. The molecule has 2 bridgehead atoms. The predicted molar refractivity (Wildman–Crippen MR) is 184 cm³/mol. The van der Waals surface area contributed by atoms with E-state index in [1.807, 2.05) is 45.0 Å². The van der Waals surface area contributed by atoms with E-state index in [0.717, 1.165) is 17.3 Å². The fraction of sp³-hybridized carbons (Fsp3) is 0.444. The normalized spacial score (nSPS) is 16.3. The van der Waals surface area contributed by atoms with E-state index < -0.39 is 6.04 Å². The molecule has 1 aliphatic rings. The summed E-state index contributed by atoms with van der Waals surface area (Å²) in [5.74, 6) is 1.06. The lowest BCUT2D eigenvalue weighted by Gasteiger charge is -2.26. The number of carbonyl (C=O) groups excluding carboxylic acids is 4. The molecule has 1 atom stereocenters. The summed E-state index contributed by atoms with van der Waals surface area (Å²) in [7, 11) is 1.53. The highest BCUT2D eigenvalue weighted by Gasteiger charge is 2.27. The lowest BCUT2D eigenvalue weighted by molar-refractivity contribution is -0.136. The monoisotopic (exact) mass is 671 g/mol. The minimum atomic E-state index is -0.484. The number of Topliss-reactive ketones (excluding diaryl/α,β-unsaturated/α-hetero) is 1. The van der Waals surface area contributed by atoms with Crippen molar-refractivity contribution in [2.24, 2.45) is 5.92 Å². The van der Waals surface area contributed by atoms with Crippen molar-refractivity contribution in [3.05, 3.63) is 71.4 Å². The first kappa shape index (κ1) is 35.1. The second kappa shape index (κ2) is 15.8. The molecule has 49 heavy (non-hydrogen) atoms. The molecule has 0 saturated carbocycles. The maximum atomic E-state index is 13.9. The number of fused-ring (bicyclic) bond motifs is 4. The summed E-state index contributed by atoms with van der Waals surface area (Å²) in [6.07, 6.45) is 3.27. The van der Waals surface area contributed by atoms with Crippen molar-refractivity contribution in [1.82, 2.24) is 34.9 Å². The van der Waals surface area contributed by atoms with Crippen molar-refractivity contribution in [3.63, 3.8) is 0 Å². The molecule has 2 N–H and O–H groups in total. The third-order valence-corrected chi connectivity index (χ3v) is 8.50. The van der Waals surface area contributed by atoms with Gasteiger partial charge in [-0.15, -0.1) is 0 Å². The van der Waals surface area contributed by atoms with Crippen molar-refractivity contribution in [3.8, 4) is 11.5 Å². The first-order chi connectivity index (χ1) is 23.6. The van der Waals surface area contributed by atoms with E-state index in [1.54, 1.807) is 40.6 Å². The van der Waals surface area contributed by atoms with Crippen LogP contribution in [0.25, 0.3) is 10.9 Å². The number of hydrogen-bond donors (Lipinski definition) is 2. The molecular formula is C36H45N7O6. The predicted octanol–water partition coefficient (Wildman–Crippen LogP) is 4.09. The molecule has 13 heteroatoms. The lowest BCUT2D eigenvalue weighted by atomic mass is 10.0. The Morgan fingerprint density at radius 3 is 2.67 bits per heavy atom. The number of aryl methyl sites for hydroxylation is 1. The number of amides is 3. The minimum absolute atomic E-state index is 0.0230. The largest absolute Gasteiger partial charge is 0.493 e. The van der Waals surface area contributed by atoms with Gasteiger partial charge in [0.25, 0.3) is 5.91 Å². The van der Waals surface area contributed by atoms with E-state index in [0.29, 0.717) is 53.7 Å². The molecular weight excluding hydrogens is 626 g/mol. The highest BCUT2D eigenvalue weighted by Crippen LogP contribution is 2.29. The van der Waals surface area contributed by atoms with Crippen molar-refractivity contribution < 1.29 is 28.7 Å². The highest BCUT2D eigenvalue weighted by atomic mass is 16.5. The molecule has 0 aliphatic carbocycles. The summed E-state index contributed by atoms with van der Waals surface area (Å²) in [6.45, 7) is 8.47. The van der Waals surface area contributed by atoms with Gasteiger partial charge in [-0.05, 0) is 49.9 Å². The van der Waals surface area contributed by atoms with Gasteiger partial charge >= 0.3 is 0 Å². The highest BCUT2D eigenvalue weighted by molar-refractivity contribution is 6.08. The van der Waals surface area contributed by atoms with E-state index in [2.05, 4.69) is 20.7 Å². The standard InChI is InChI=1S/C36H45N7O6/c1-6-10-29(44)27-20-42(28-12-8-7-11-26(27)28)22-33(46)41-16-9-15-37-36(47)25-13-14-30(48-5)31(19-25)49-18-17-43-35(38-24(4)40-43)34(23(2)3)39-32(45)21-41/h7-8,11-14,19-20,23,34H,6,9-10,15-18,21-22H2,1-5H3,(H,37,47)(H,39,45)/t34-/m0/s1. The van der Waals surface area contributed by atoms with E-state index >= 15 is 0 Å². The average Bonchev–Trinajstić information content (AvgIpc) is 3.64. The fourth-order valence-corrected chi connectivity index (χ4v) is 6.03. The second-order valence-electron chi connectivity index (χ2n) is 12.5. The van der Waals surface area contributed by atoms with Crippen LogP contribution in [0, 0.1) is 12.8 Å². The van der Waals surface area contributed by atoms with Crippen LogP contribution in [0.2, 0.25) is 0 Å². The zero-order chi connectivity index (χ0) is 35.1. The summed E-state index contributed by atoms with van der Waals surface area (Å²) >= 11 is 0. The van der Waals surface area contributed by atoms with Gasteiger partial charge in [0.2, 0.25) is 11.8 Å². The van der Waals surface area contributed by atoms with Gasteiger partial charge in [-0.2, -0.15) is 5.10 Å². The van der Waals surface area contributed by atoms with Crippen LogP contribution >= 0.6 is 0 Å². The molecule has 4 aromatic rings. The third-order valence-electron chi connectivity index (χ3n) is 8.50. The number of benzene rings is 2. The Bertz CT molecular complexity index is 1830. The van der Waals surface area contributed by atoms with Crippen LogP contribution in [0.3, 0.4) is 0 Å². The fourth-order valence-electron chi connectivity index (χ4n) is 6.03. The maximum Gasteiger partial charge on any atom is 0.251 e. The second-order valence-corrected chi connectivity index (χ2v) is 12.5. The number of hydrogen-bond acceptors (Lipinski definition) is 8. The van der Waals surface area contributed by atoms with Crippen LogP contribution in [0.5, 0.6) is 11.5 Å². The van der Waals surface area contributed by atoms with Gasteiger partial charge in [0.1, 0.15) is 24.8 Å². The van der Waals surface area contributed by atoms with Crippen LogP contribution in [0.1, 0.15) is 78.4 Å². The van der Waals surface area contributed by atoms with Crippen molar-refractivity contribution in [1.29, 1.82) is 0 Å². The molecule has 260 valence electrons. The number of aromatic nitrogens is 4. The van der Waals surface area contributed by atoms with Gasteiger partial charge in [0.15, 0.2) is 17.3 Å². The summed E-state index contributed by atoms with van der Waals surface area (Å²) in [5.41, 5.74) is 1.75. The van der Waals surface area contributed by atoms with Crippen molar-refractivity contribution >= 4 is 34.4 Å². The smallest absolute Gasteiger partial charge is 0.251 e. The molecule has 3 amide bonds.